The molecule has 1 atom stereocenters. The van der Waals surface area contributed by atoms with E-state index in [0.29, 0.717) is 12.5 Å². The standard InChI is InChI=1S/C18H19N3OS/c1-11-6-7-13-14(9-11)23-18-16(13)17(22)19-15(20-18)10-21-8-4-3-5-12(21)2/h3-5,8,11H,6-7,9-10H2,1-2H3/p+1/t11-/m0/s1. The molecule has 1 N–H and O–H groups in total. The fourth-order valence-electron chi connectivity index (χ4n) is 3.37. The largest absolute Gasteiger partial charge is 0.305 e. The van der Waals surface area contributed by atoms with Gasteiger partial charge in [0.1, 0.15) is 4.83 Å². The Morgan fingerprint density at radius 2 is 2.30 bits per heavy atom. The first kappa shape index (κ1) is 14.6. The van der Waals surface area contributed by atoms with Crippen molar-refractivity contribution in [1.29, 1.82) is 0 Å². The van der Waals surface area contributed by atoms with E-state index in [0.717, 1.165) is 34.6 Å². The molecule has 0 bridgehead atoms. The second kappa shape index (κ2) is 5.57. The van der Waals surface area contributed by atoms with Gasteiger partial charge in [0.15, 0.2) is 17.7 Å². The molecule has 118 valence electrons. The summed E-state index contributed by atoms with van der Waals surface area (Å²) in [4.78, 5) is 22.6. The molecule has 0 fully saturated rings. The number of H-pyrrole nitrogens is 1. The first-order chi connectivity index (χ1) is 11.1. The van der Waals surface area contributed by atoms with E-state index in [1.807, 2.05) is 18.3 Å². The molecule has 4 rings (SSSR count). The minimum atomic E-state index is 0.0197. The van der Waals surface area contributed by atoms with E-state index in [1.165, 1.54) is 16.9 Å². The van der Waals surface area contributed by atoms with Gasteiger partial charge in [0.2, 0.25) is 6.54 Å². The molecule has 1 aliphatic carbocycles. The third kappa shape index (κ3) is 2.59. The van der Waals surface area contributed by atoms with Crippen LogP contribution in [0.25, 0.3) is 10.2 Å². The van der Waals surface area contributed by atoms with Crippen molar-refractivity contribution in [2.75, 3.05) is 0 Å². The molecule has 0 radical (unpaired) electrons. The number of aromatic nitrogens is 3. The first-order valence-corrected chi connectivity index (χ1v) is 8.92. The monoisotopic (exact) mass is 326 g/mol. The van der Waals surface area contributed by atoms with Crippen LogP contribution in [0.2, 0.25) is 0 Å². The SMILES string of the molecule is Cc1cccc[n+]1Cc1nc2sc3c(c2c(=O)[nH]1)CC[C@H](C)C3. The number of pyridine rings is 1. The summed E-state index contributed by atoms with van der Waals surface area (Å²) < 4.78 is 2.10. The van der Waals surface area contributed by atoms with Crippen molar-refractivity contribution in [2.45, 2.75) is 39.7 Å². The van der Waals surface area contributed by atoms with E-state index in [2.05, 4.69) is 29.5 Å². The number of nitrogens with zero attached hydrogens (tertiary/aromatic N) is 2. The van der Waals surface area contributed by atoms with E-state index < -0.39 is 0 Å². The van der Waals surface area contributed by atoms with E-state index in [9.17, 15) is 4.79 Å². The van der Waals surface area contributed by atoms with Crippen LogP contribution in [-0.2, 0) is 19.4 Å². The van der Waals surface area contributed by atoms with Gasteiger partial charge in [0, 0.05) is 23.9 Å². The highest BCUT2D eigenvalue weighted by atomic mass is 32.1. The smallest absolute Gasteiger partial charge is 0.260 e. The average molecular weight is 326 g/mol. The Morgan fingerprint density at radius 1 is 1.43 bits per heavy atom. The highest BCUT2D eigenvalue weighted by Crippen LogP contribution is 2.35. The third-order valence-corrected chi connectivity index (χ3v) is 5.85. The molecular weight excluding hydrogens is 306 g/mol. The van der Waals surface area contributed by atoms with Crippen molar-refractivity contribution < 1.29 is 4.57 Å². The molecule has 3 aromatic rings. The Kier molecular flexibility index (Phi) is 3.53. The lowest BCUT2D eigenvalue weighted by atomic mass is 9.89. The fourth-order valence-corrected chi connectivity index (χ4v) is 4.77. The summed E-state index contributed by atoms with van der Waals surface area (Å²) in [7, 11) is 0. The molecule has 0 aliphatic heterocycles. The molecule has 23 heavy (non-hydrogen) atoms. The fraction of sp³-hybridized carbons (Fsp3) is 0.389. The molecule has 5 heteroatoms. The predicted octanol–water partition coefficient (Wildman–Crippen LogP) is 2.75. The van der Waals surface area contributed by atoms with Crippen molar-refractivity contribution >= 4 is 21.6 Å². The van der Waals surface area contributed by atoms with Gasteiger partial charge in [0.25, 0.3) is 5.56 Å². The van der Waals surface area contributed by atoms with Crippen LogP contribution >= 0.6 is 11.3 Å². The minimum Gasteiger partial charge on any atom is -0.305 e. The van der Waals surface area contributed by atoms with Gasteiger partial charge in [0.05, 0.1) is 5.39 Å². The van der Waals surface area contributed by atoms with Crippen LogP contribution in [0.5, 0.6) is 0 Å². The summed E-state index contributed by atoms with van der Waals surface area (Å²) in [6, 6.07) is 6.07. The second-order valence-electron chi connectivity index (χ2n) is 6.51. The number of hydrogen-bond acceptors (Lipinski definition) is 3. The van der Waals surface area contributed by atoms with Crippen molar-refractivity contribution in [3.63, 3.8) is 0 Å². The highest BCUT2D eigenvalue weighted by Gasteiger charge is 2.23. The van der Waals surface area contributed by atoms with Crippen LogP contribution in [-0.4, -0.2) is 9.97 Å². The molecule has 3 aromatic heterocycles. The van der Waals surface area contributed by atoms with E-state index in [-0.39, 0.29) is 5.56 Å². The summed E-state index contributed by atoms with van der Waals surface area (Å²) in [6.45, 7) is 4.93. The van der Waals surface area contributed by atoms with Crippen LogP contribution in [0.1, 0.15) is 35.3 Å². The summed E-state index contributed by atoms with van der Waals surface area (Å²) in [6.07, 6.45) is 5.27. The first-order valence-electron chi connectivity index (χ1n) is 8.10. The molecule has 4 nitrogen and oxygen atoms in total. The Labute approximate surface area is 138 Å². The van der Waals surface area contributed by atoms with Gasteiger partial charge in [-0.2, -0.15) is 4.57 Å². The lowest BCUT2D eigenvalue weighted by molar-refractivity contribution is -0.695. The van der Waals surface area contributed by atoms with Crippen molar-refractivity contribution in [3.8, 4) is 0 Å². The predicted molar refractivity (Wildman–Crippen MR) is 91.9 cm³/mol. The summed E-state index contributed by atoms with van der Waals surface area (Å²) in [5.41, 5.74) is 2.41. The average Bonchev–Trinajstić information content (AvgIpc) is 2.87. The van der Waals surface area contributed by atoms with Gasteiger partial charge in [-0.05, 0) is 30.7 Å². The number of thiophene rings is 1. The van der Waals surface area contributed by atoms with Gasteiger partial charge in [-0.1, -0.05) is 13.0 Å². The third-order valence-electron chi connectivity index (χ3n) is 4.70. The molecule has 0 amide bonds. The summed E-state index contributed by atoms with van der Waals surface area (Å²) in [5.74, 6) is 1.44. The normalized spacial score (nSPS) is 17.4. The van der Waals surface area contributed by atoms with Crippen LogP contribution in [0.4, 0.5) is 0 Å². The topological polar surface area (TPSA) is 49.6 Å². The number of nitrogens with one attached hydrogen (secondary N) is 1. The van der Waals surface area contributed by atoms with Crippen LogP contribution in [0, 0.1) is 12.8 Å². The zero-order valence-corrected chi connectivity index (χ0v) is 14.2. The zero-order valence-electron chi connectivity index (χ0n) is 13.4. The molecule has 0 unspecified atom stereocenters. The number of fused-ring (bicyclic) bond motifs is 3. The molecule has 3 heterocycles. The van der Waals surface area contributed by atoms with Gasteiger partial charge < -0.3 is 4.98 Å². The van der Waals surface area contributed by atoms with Gasteiger partial charge in [-0.25, -0.2) is 4.98 Å². The van der Waals surface area contributed by atoms with E-state index >= 15 is 0 Å². The highest BCUT2D eigenvalue weighted by molar-refractivity contribution is 7.18. The van der Waals surface area contributed by atoms with E-state index in [1.54, 1.807) is 11.3 Å². The number of aromatic amines is 1. The van der Waals surface area contributed by atoms with Crippen LogP contribution in [0.15, 0.2) is 29.2 Å². The molecule has 0 saturated heterocycles. The Balaban J connectivity index is 1.79. The van der Waals surface area contributed by atoms with Crippen LogP contribution in [0.3, 0.4) is 0 Å². The maximum Gasteiger partial charge on any atom is 0.260 e. The molecule has 0 aromatic carbocycles. The number of aryl methyl sites for hydroxylation is 2. The zero-order chi connectivity index (χ0) is 16.0. The molecule has 0 spiro atoms. The van der Waals surface area contributed by atoms with Crippen molar-refractivity contribution in [3.05, 3.63) is 56.7 Å². The second-order valence-corrected chi connectivity index (χ2v) is 7.60. The minimum absolute atomic E-state index is 0.0197. The lowest BCUT2D eigenvalue weighted by Gasteiger charge is -2.17. The van der Waals surface area contributed by atoms with Crippen molar-refractivity contribution in [2.24, 2.45) is 5.92 Å². The maximum atomic E-state index is 12.6. The number of rotatable bonds is 2. The number of hydrogen-bond donors (Lipinski definition) is 1. The van der Waals surface area contributed by atoms with Gasteiger partial charge >= 0.3 is 0 Å². The maximum absolute atomic E-state index is 12.6. The summed E-state index contributed by atoms with van der Waals surface area (Å²) in [5, 5.41) is 0.829. The Bertz CT molecular complexity index is 941. The van der Waals surface area contributed by atoms with Gasteiger partial charge in [-0.3, -0.25) is 4.79 Å². The Hall–Kier alpha value is -2.01. The lowest BCUT2D eigenvalue weighted by Crippen LogP contribution is -2.38. The summed E-state index contributed by atoms with van der Waals surface area (Å²) >= 11 is 1.71. The quantitative estimate of drug-likeness (QED) is 0.736. The molecule has 1 aliphatic rings. The van der Waals surface area contributed by atoms with E-state index in [4.69, 9.17) is 4.98 Å². The van der Waals surface area contributed by atoms with Crippen molar-refractivity contribution in [1.82, 2.24) is 9.97 Å². The Morgan fingerprint density at radius 3 is 3.13 bits per heavy atom. The van der Waals surface area contributed by atoms with Crippen LogP contribution < -0.4 is 10.1 Å². The van der Waals surface area contributed by atoms with Gasteiger partial charge in [-0.15, -0.1) is 11.3 Å². The molecule has 0 saturated carbocycles. The molecular formula is C18H20N3OS+.